The molecule has 0 aliphatic rings. The second-order valence-corrected chi connectivity index (χ2v) is 6.72. The van der Waals surface area contributed by atoms with E-state index in [0.29, 0.717) is 16.5 Å². The molecular formula is C22H20ClNO4. The number of hydrogen-bond donors (Lipinski definition) is 1. The van der Waals surface area contributed by atoms with Crippen molar-refractivity contribution in [2.45, 2.75) is 19.4 Å². The van der Waals surface area contributed by atoms with Crippen LogP contribution in [0.2, 0.25) is 5.02 Å². The van der Waals surface area contributed by atoms with Gasteiger partial charge >= 0.3 is 5.97 Å². The maximum absolute atomic E-state index is 12.4. The molecule has 5 nitrogen and oxygen atoms in total. The molecule has 0 aliphatic heterocycles. The summed E-state index contributed by atoms with van der Waals surface area (Å²) in [7, 11) is 1.49. The van der Waals surface area contributed by atoms with Crippen molar-refractivity contribution in [3.8, 4) is 5.75 Å². The topological polar surface area (TPSA) is 64.6 Å². The van der Waals surface area contributed by atoms with E-state index < -0.39 is 18.0 Å². The number of nitrogens with one attached hydrogen (secondary N) is 1. The lowest BCUT2D eigenvalue weighted by atomic mass is 10.0. The van der Waals surface area contributed by atoms with Crippen molar-refractivity contribution >= 4 is 39.9 Å². The van der Waals surface area contributed by atoms with Crippen LogP contribution in [0.5, 0.6) is 5.75 Å². The highest BCUT2D eigenvalue weighted by atomic mass is 35.5. The van der Waals surface area contributed by atoms with E-state index in [-0.39, 0.29) is 6.42 Å². The second-order valence-electron chi connectivity index (χ2n) is 6.28. The Balaban J connectivity index is 1.65. The first-order valence-corrected chi connectivity index (χ1v) is 9.16. The predicted molar refractivity (Wildman–Crippen MR) is 110 cm³/mol. The van der Waals surface area contributed by atoms with Gasteiger partial charge in [0, 0.05) is 5.02 Å². The molecule has 1 N–H and O–H groups in total. The number of halogens is 1. The van der Waals surface area contributed by atoms with E-state index in [1.165, 1.54) is 14.0 Å². The van der Waals surface area contributed by atoms with Gasteiger partial charge in [-0.2, -0.15) is 0 Å². The Kier molecular flexibility index (Phi) is 6.16. The van der Waals surface area contributed by atoms with Crippen molar-refractivity contribution in [3.63, 3.8) is 0 Å². The molecule has 28 heavy (non-hydrogen) atoms. The highest BCUT2D eigenvalue weighted by Gasteiger charge is 2.20. The molecule has 0 spiro atoms. The molecule has 0 saturated heterocycles. The van der Waals surface area contributed by atoms with Crippen molar-refractivity contribution in [2.24, 2.45) is 0 Å². The van der Waals surface area contributed by atoms with E-state index in [1.807, 2.05) is 42.5 Å². The highest BCUT2D eigenvalue weighted by Crippen LogP contribution is 2.28. The number of hydrogen-bond acceptors (Lipinski definition) is 4. The Morgan fingerprint density at radius 1 is 1.07 bits per heavy atom. The van der Waals surface area contributed by atoms with Gasteiger partial charge in [0.1, 0.15) is 5.75 Å². The molecule has 0 bridgehead atoms. The van der Waals surface area contributed by atoms with Crippen LogP contribution in [0.25, 0.3) is 10.8 Å². The molecule has 3 aromatic rings. The number of anilines is 1. The minimum Gasteiger partial charge on any atom is -0.495 e. The number of ether oxygens (including phenoxy) is 2. The van der Waals surface area contributed by atoms with Gasteiger partial charge in [-0.1, -0.05) is 54.1 Å². The van der Waals surface area contributed by atoms with E-state index in [4.69, 9.17) is 21.1 Å². The van der Waals surface area contributed by atoms with Gasteiger partial charge < -0.3 is 14.8 Å². The number of carbonyl (C=O) groups is 2. The summed E-state index contributed by atoms with van der Waals surface area (Å²) in [5.41, 5.74) is 1.27. The Labute approximate surface area is 168 Å². The minimum atomic E-state index is -0.967. The summed E-state index contributed by atoms with van der Waals surface area (Å²) in [6.45, 7) is 1.52. The molecule has 1 unspecified atom stereocenters. The van der Waals surface area contributed by atoms with Gasteiger partial charge in [0.2, 0.25) is 0 Å². The Morgan fingerprint density at radius 2 is 1.82 bits per heavy atom. The molecule has 3 aromatic carbocycles. The van der Waals surface area contributed by atoms with Gasteiger partial charge in [0.25, 0.3) is 5.91 Å². The fraction of sp³-hybridized carbons (Fsp3) is 0.182. The van der Waals surface area contributed by atoms with Crippen LogP contribution in [0.3, 0.4) is 0 Å². The summed E-state index contributed by atoms with van der Waals surface area (Å²) >= 11 is 5.97. The normalized spacial score (nSPS) is 11.7. The molecule has 0 aromatic heterocycles. The second kappa shape index (κ2) is 8.76. The quantitative estimate of drug-likeness (QED) is 0.616. The summed E-state index contributed by atoms with van der Waals surface area (Å²) in [5.74, 6) is -0.476. The molecule has 1 amide bonds. The third kappa shape index (κ3) is 4.61. The first-order valence-electron chi connectivity index (χ1n) is 8.78. The first kappa shape index (κ1) is 19.7. The predicted octanol–water partition coefficient (Wildman–Crippen LogP) is 4.61. The fourth-order valence-electron chi connectivity index (χ4n) is 2.91. The van der Waals surface area contributed by atoms with E-state index in [9.17, 15) is 9.59 Å². The third-order valence-electron chi connectivity index (χ3n) is 4.31. The molecule has 6 heteroatoms. The lowest BCUT2D eigenvalue weighted by molar-refractivity contribution is -0.152. The zero-order chi connectivity index (χ0) is 20.1. The fourth-order valence-corrected chi connectivity index (χ4v) is 3.08. The average molecular weight is 398 g/mol. The van der Waals surface area contributed by atoms with Crippen LogP contribution in [-0.4, -0.2) is 25.1 Å². The summed E-state index contributed by atoms with van der Waals surface area (Å²) < 4.78 is 10.5. The number of amides is 1. The number of esters is 1. The standard InChI is InChI=1S/C22H20ClNO4/c1-14(22(26)24-19-13-17(23)10-11-20(19)27-2)28-21(25)12-16-8-5-7-15-6-3-4-9-18(15)16/h3-11,13-14H,12H2,1-2H3,(H,24,26). The van der Waals surface area contributed by atoms with Crippen LogP contribution in [0.15, 0.2) is 60.7 Å². The molecule has 0 fully saturated rings. The lowest BCUT2D eigenvalue weighted by Gasteiger charge is -2.16. The van der Waals surface area contributed by atoms with Gasteiger partial charge in [-0.25, -0.2) is 0 Å². The van der Waals surface area contributed by atoms with E-state index in [2.05, 4.69) is 5.32 Å². The largest absolute Gasteiger partial charge is 0.495 e. The summed E-state index contributed by atoms with van der Waals surface area (Å²) in [4.78, 5) is 24.8. The molecule has 3 rings (SSSR count). The van der Waals surface area contributed by atoms with Crippen LogP contribution < -0.4 is 10.1 Å². The summed E-state index contributed by atoms with van der Waals surface area (Å²) in [6, 6.07) is 18.4. The summed E-state index contributed by atoms with van der Waals surface area (Å²) in [6.07, 6.45) is -0.884. The maximum atomic E-state index is 12.4. The molecular weight excluding hydrogens is 378 g/mol. The Bertz CT molecular complexity index is 1010. The number of benzene rings is 3. The molecule has 144 valence electrons. The summed E-state index contributed by atoms with van der Waals surface area (Å²) in [5, 5.41) is 5.17. The Morgan fingerprint density at radius 3 is 2.61 bits per heavy atom. The van der Waals surface area contributed by atoms with Gasteiger partial charge in [-0.15, -0.1) is 0 Å². The van der Waals surface area contributed by atoms with Crippen LogP contribution in [0.4, 0.5) is 5.69 Å². The van der Waals surface area contributed by atoms with Crippen LogP contribution in [0, 0.1) is 0 Å². The average Bonchev–Trinajstić information content (AvgIpc) is 2.68. The van der Waals surface area contributed by atoms with E-state index in [1.54, 1.807) is 18.2 Å². The number of carbonyl (C=O) groups excluding carboxylic acids is 2. The molecule has 0 saturated carbocycles. The third-order valence-corrected chi connectivity index (χ3v) is 4.55. The maximum Gasteiger partial charge on any atom is 0.311 e. The van der Waals surface area contributed by atoms with Crippen LogP contribution >= 0.6 is 11.6 Å². The van der Waals surface area contributed by atoms with Gasteiger partial charge in [-0.3, -0.25) is 9.59 Å². The van der Waals surface area contributed by atoms with Crippen LogP contribution in [-0.2, 0) is 20.7 Å². The Hall–Kier alpha value is -3.05. The monoisotopic (exact) mass is 397 g/mol. The SMILES string of the molecule is COc1ccc(Cl)cc1NC(=O)C(C)OC(=O)Cc1cccc2ccccc12. The van der Waals surface area contributed by atoms with Crippen molar-refractivity contribution in [1.29, 1.82) is 0 Å². The van der Waals surface area contributed by atoms with Crippen molar-refractivity contribution < 1.29 is 19.1 Å². The van der Waals surface area contributed by atoms with E-state index >= 15 is 0 Å². The first-order chi connectivity index (χ1) is 13.5. The minimum absolute atomic E-state index is 0.0828. The molecule has 0 heterocycles. The van der Waals surface area contributed by atoms with E-state index in [0.717, 1.165) is 16.3 Å². The highest BCUT2D eigenvalue weighted by molar-refractivity contribution is 6.31. The van der Waals surface area contributed by atoms with Gasteiger partial charge in [0.15, 0.2) is 6.10 Å². The number of fused-ring (bicyclic) bond motifs is 1. The van der Waals surface area contributed by atoms with Crippen molar-refractivity contribution in [3.05, 3.63) is 71.2 Å². The lowest BCUT2D eigenvalue weighted by Crippen LogP contribution is -2.30. The molecule has 1 atom stereocenters. The zero-order valence-electron chi connectivity index (χ0n) is 15.6. The van der Waals surface area contributed by atoms with Crippen molar-refractivity contribution in [2.75, 3.05) is 12.4 Å². The van der Waals surface area contributed by atoms with Gasteiger partial charge in [-0.05, 0) is 41.5 Å². The number of methoxy groups -OCH3 is 1. The van der Waals surface area contributed by atoms with Crippen LogP contribution in [0.1, 0.15) is 12.5 Å². The molecule has 0 aliphatic carbocycles. The smallest absolute Gasteiger partial charge is 0.311 e. The van der Waals surface area contributed by atoms with Gasteiger partial charge in [0.05, 0.1) is 19.2 Å². The van der Waals surface area contributed by atoms with Crippen molar-refractivity contribution in [1.82, 2.24) is 0 Å². The number of rotatable bonds is 6. The zero-order valence-corrected chi connectivity index (χ0v) is 16.3. The molecule has 0 radical (unpaired) electrons.